The van der Waals surface area contributed by atoms with Crippen LogP contribution in [0, 0.1) is 6.92 Å². The molecule has 2 aromatic carbocycles. The van der Waals surface area contributed by atoms with Crippen LogP contribution in [0.5, 0.6) is 5.75 Å². The molecule has 6 heteroatoms. The summed E-state index contributed by atoms with van der Waals surface area (Å²) in [5, 5.41) is 5.66. The van der Waals surface area contributed by atoms with E-state index in [1.54, 1.807) is 36.3 Å². The minimum atomic E-state index is -0.167. The van der Waals surface area contributed by atoms with E-state index in [1.807, 2.05) is 38.1 Å². The number of hydrogen-bond acceptors (Lipinski definition) is 4. The second-order valence-electron chi connectivity index (χ2n) is 5.99. The molecule has 0 aliphatic rings. The highest BCUT2D eigenvalue weighted by atomic mass is 16.5. The monoisotopic (exact) mass is 355 g/mol. The van der Waals surface area contributed by atoms with Gasteiger partial charge >= 0.3 is 0 Å². The lowest BCUT2D eigenvalue weighted by molar-refractivity contribution is -0.119. The fourth-order valence-corrected chi connectivity index (χ4v) is 2.40. The first-order valence-electron chi connectivity index (χ1n) is 8.53. The van der Waals surface area contributed by atoms with Gasteiger partial charge in [-0.15, -0.1) is 0 Å². The summed E-state index contributed by atoms with van der Waals surface area (Å²) in [7, 11) is 1.59. The number of carbonyl (C=O) groups is 2. The van der Waals surface area contributed by atoms with Crippen molar-refractivity contribution in [2.75, 3.05) is 37.4 Å². The Kier molecular flexibility index (Phi) is 7.17. The molecular weight excluding hydrogens is 330 g/mol. The zero-order chi connectivity index (χ0) is 18.9. The van der Waals surface area contributed by atoms with Crippen molar-refractivity contribution in [1.82, 2.24) is 4.90 Å². The van der Waals surface area contributed by atoms with Crippen molar-refractivity contribution in [2.24, 2.45) is 0 Å². The molecular formula is C20H25N3O3. The third-order valence-corrected chi connectivity index (χ3v) is 3.89. The van der Waals surface area contributed by atoms with Crippen LogP contribution in [0.4, 0.5) is 11.4 Å². The van der Waals surface area contributed by atoms with Crippen LogP contribution in [0.15, 0.2) is 48.5 Å². The van der Waals surface area contributed by atoms with Crippen LogP contribution in [0.25, 0.3) is 0 Å². The van der Waals surface area contributed by atoms with Gasteiger partial charge in [-0.1, -0.05) is 24.6 Å². The van der Waals surface area contributed by atoms with Gasteiger partial charge in [0.2, 0.25) is 11.8 Å². The van der Waals surface area contributed by atoms with Gasteiger partial charge in [0.1, 0.15) is 5.75 Å². The van der Waals surface area contributed by atoms with E-state index in [2.05, 4.69) is 10.6 Å². The molecule has 0 aromatic heterocycles. The molecule has 0 saturated heterocycles. The average molecular weight is 355 g/mol. The van der Waals surface area contributed by atoms with E-state index >= 15 is 0 Å². The van der Waals surface area contributed by atoms with E-state index < -0.39 is 0 Å². The zero-order valence-corrected chi connectivity index (χ0v) is 15.4. The Morgan fingerprint density at radius 3 is 1.77 bits per heavy atom. The Bertz CT molecular complexity index is 727. The van der Waals surface area contributed by atoms with Gasteiger partial charge in [-0.3, -0.25) is 14.5 Å². The topological polar surface area (TPSA) is 70.7 Å². The number of benzene rings is 2. The van der Waals surface area contributed by atoms with Gasteiger partial charge in [-0.2, -0.15) is 0 Å². The third-order valence-electron chi connectivity index (χ3n) is 3.89. The number of likely N-dealkylation sites (N-methyl/N-ethyl adjacent to an activating group) is 1. The summed E-state index contributed by atoms with van der Waals surface area (Å²) in [5.41, 5.74) is 2.57. The molecule has 6 nitrogen and oxygen atoms in total. The minimum absolute atomic E-state index is 0.143. The lowest BCUT2D eigenvalue weighted by Gasteiger charge is -2.19. The van der Waals surface area contributed by atoms with Crippen molar-refractivity contribution in [3.8, 4) is 5.75 Å². The highest BCUT2D eigenvalue weighted by Gasteiger charge is 2.13. The average Bonchev–Trinajstić information content (AvgIpc) is 2.63. The normalized spacial score (nSPS) is 10.5. The van der Waals surface area contributed by atoms with Gasteiger partial charge in [0.15, 0.2) is 0 Å². The Balaban J connectivity index is 1.83. The molecule has 0 bridgehead atoms. The maximum atomic E-state index is 12.2. The third kappa shape index (κ3) is 6.22. The summed E-state index contributed by atoms with van der Waals surface area (Å²) in [6.45, 7) is 4.80. The quantitative estimate of drug-likeness (QED) is 0.764. The van der Waals surface area contributed by atoms with Crippen LogP contribution in [-0.4, -0.2) is 43.5 Å². The lowest BCUT2D eigenvalue weighted by atomic mass is 10.2. The molecule has 2 N–H and O–H groups in total. The summed E-state index contributed by atoms with van der Waals surface area (Å²) in [5.74, 6) is 0.416. The molecule has 0 heterocycles. The maximum Gasteiger partial charge on any atom is 0.238 e. The van der Waals surface area contributed by atoms with E-state index in [1.165, 1.54) is 0 Å². The number of hydrogen-bond donors (Lipinski definition) is 2. The summed E-state index contributed by atoms with van der Waals surface area (Å²) < 4.78 is 5.09. The zero-order valence-electron chi connectivity index (χ0n) is 15.4. The number of carbonyl (C=O) groups excluding carboxylic acids is 2. The second-order valence-corrected chi connectivity index (χ2v) is 5.99. The number of ether oxygens (including phenoxy) is 1. The van der Waals surface area contributed by atoms with E-state index in [-0.39, 0.29) is 24.9 Å². The van der Waals surface area contributed by atoms with Crippen molar-refractivity contribution in [1.29, 1.82) is 0 Å². The smallest absolute Gasteiger partial charge is 0.238 e. The molecule has 0 fully saturated rings. The summed E-state index contributed by atoms with van der Waals surface area (Å²) in [4.78, 5) is 26.2. The largest absolute Gasteiger partial charge is 0.497 e. The number of methoxy groups -OCH3 is 1. The number of nitrogens with zero attached hydrogens (tertiary/aromatic N) is 1. The molecule has 2 amide bonds. The summed E-state index contributed by atoms with van der Waals surface area (Å²) >= 11 is 0. The van der Waals surface area contributed by atoms with Gasteiger partial charge in [0.25, 0.3) is 0 Å². The number of aryl methyl sites for hydroxylation is 1. The number of amides is 2. The molecule has 2 aromatic rings. The molecule has 0 aliphatic carbocycles. The first-order valence-corrected chi connectivity index (χ1v) is 8.53. The predicted octanol–water partition coefficient (Wildman–Crippen LogP) is 2.90. The minimum Gasteiger partial charge on any atom is -0.497 e. The van der Waals surface area contributed by atoms with Gasteiger partial charge in [0, 0.05) is 11.4 Å². The van der Waals surface area contributed by atoms with Crippen LogP contribution in [0.2, 0.25) is 0 Å². The van der Waals surface area contributed by atoms with Crippen LogP contribution >= 0.6 is 0 Å². The van der Waals surface area contributed by atoms with Crippen molar-refractivity contribution in [2.45, 2.75) is 13.8 Å². The Labute approximate surface area is 154 Å². The fraction of sp³-hybridized carbons (Fsp3) is 0.300. The van der Waals surface area contributed by atoms with Gasteiger partial charge in [-0.05, 0) is 49.9 Å². The van der Waals surface area contributed by atoms with Crippen LogP contribution < -0.4 is 15.4 Å². The summed E-state index contributed by atoms with van der Waals surface area (Å²) in [6.07, 6.45) is 0. The standard InChI is InChI=1S/C20H25N3O3/c1-4-23(13-19(24)21-16-7-5-15(2)6-8-16)14-20(25)22-17-9-11-18(26-3)12-10-17/h5-12H,4,13-14H2,1-3H3,(H,21,24)(H,22,25). The number of anilines is 2. The van der Waals surface area contributed by atoms with Gasteiger partial charge < -0.3 is 15.4 Å². The maximum absolute atomic E-state index is 12.2. The molecule has 138 valence electrons. The van der Waals surface area contributed by atoms with E-state index in [0.717, 1.165) is 17.0 Å². The molecule has 0 spiro atoms. The van der Waals surface area contributed by atoms with Crippen LogP contribution in [-0.2, 0) is 9.59 Å². The van der Waals surface area contributed by atoms with Crippen LogP contribution in [0.1, 0.15) is 12.5 Å². The van der Waals surface area contributed by atoms with Gasteiger partial charge in [0.05, 0.1) is 20.2 Å². The van der Waals surface area contributed by atoms with E-state index in [4.69, 9.17) is 4.74 Å². The second kappa shape index (κ2) is 9.58. The molecule has 0 saturated carbocycles. The van der Waals surface area contributed by atoms with E-state index in [9.17, 15) is 9.59 Å². The number of nitrogens with one attached hydrogen (secondary N) is 2. The van der Waals surface area contributed by atoms with Crippen molar-refractivity contribution < 1.29 is 14.3 Å². The molecule has 0 atom stereocenters. The molecule has 0 radical (unpaired) electrons. The molecule has 26 heavy (non-hydrogen) atoms. The molecule has 0 aliphatic heterocycles. The highest BCUT2D eigenvalue weighted by molar-refractivity contribution is 5.94. The lowest BCUT2D eigenvalue weighted by Crippen LogP contribution is -2.38. The SMILES string of the molecule is CCN(CC(=O)Nc1ccc(C)cc1)CC(=O)Nc1ccc(OC)cc1. The molecule has 0 unspecified atom stereocenters. The summed E-state index contributed by atoms with van der Waals surface area (Å²) in [6, 6.07) is 14.7. The first kappa shape index (κ1) is 19.5. The fourth-order valence-electron chi connectivity index (χ4n) is 2.40. The van der Waals surface area contributed by atoms with Crippen molar-refractivity contribution in [3.05, 3.63) is 54.1 Å². The Morgan fingerprint density at radius 1 is 0.885 bits per heavy atom. The first-order chi connectivity index (χ1) is 12.5. The van der Waals surface area contributed by atoms with Crippen molar-refractivity contribution in [3.63, 3.8) is 0 Å². The van der Waals surface area contributed by atoms with Gasteiger partial charge in [-0.25, -0.2) is 0 Å². The number of rotatable bonds is 8. The van der Waals surface area contributed by atoms with Crippen LogP contribution in [0.3, 0.4) is 0 Å². The Morgan fingerprint density at radius 2 is 1.35 bits per heavy atom. The van der Waals surface area contributed by atoms with E-state index in [0.29, 0.717) is 12.2 Å². The highest BCUT2D eigenvalue weighted by Crippen LogP contribution is 2.15. The Hall–Kier alpha value is -2.86. The van der Waals surface area contributed by atoms with Crippen molar-refractivity contribution >= 4 is 23.2 Å². The molecule has 2 rings (SSSR count). The predicted molar refractivity (Wildman–Crippen MR) is 104 cm³/mol.